The number of amides is 1. The molecule has 1 fully saturated rings. The third kappa shape index (κ3) is 2.36. The van der Waals surface area contributed by atoms with Crippen molar-refractivity contribution >= 4 is 5.91 Å². The van der Waals surface area contributed by atoms with Crippen LogP contribution in [0.1, 0.15) is 25.0 Å². The molecule has 4 nitrogen and oxygen atoms in total. The summed E-state index contributed by atoms with van der Waals surface area (Å²) in [7, 11) is 0. The fourth-order valence-corrected chi connectivity index (χ4v) is 2.18. The van der Waals surface area contributed by atoms with Crippen LogP contribution in [0.3, 0.4) is 0 Å². The Labute approximate surface area is 107 Å². The topological polar surface area (TPSA) is 56.1 Å². The van der Waals surface area contributed by atoms with Crippen molar-refractivity contribution in [2.24, 2.45) is 0 Å². The van der Waals surface area contributed by atoms with Crippen molar-refractivity contribution in [1.29, 1.82) is 5.26 Å². The molecule has 18 heavy (non-hydrogen) atoms. The van der Waals surface area contributed by atoms with Gasteiger partial charge in [-0.1, -0.05) is 12.1 Å². The van der Waals surface area contributed by atoms with Crippen molar-refractivity contribution in [3.8, 4) is 6.07 Å². The zero-order valence-electron chi connectivity index (χ0n) is 10.7. The minimum Gasteiger partial charge on any atom is -0.353 e. The molecule has 1 aromatic carbocycles. The lowest BCUT2D eigenvalue weighted by Gasteiger charge is -2.41. The highest BCUT2D eigenvalue weighted by Gasteiger charge is 2.37. The molecule has 0 atom stereocenters. The molecule has 0 aliphatic carbocycles. The number of nitrogens with one attached hydrogen (secondary N) is 1. The minimum atomic E-state index is -0.499. The Bertz CT molecular complexity index is 502. The zero-order valence-corrected chi connectivity index (χ0v) is 10.7. The van der Waals surface area contributed by atoms with Gasteiger partial charge in [-0.2, -0.15) is 5.26 Å². The van der Waals surface area contributed by atoms with Gasteiger partial charge in [0.2, 0.25) is 5.91 Å². The summed E-state index contributed by atoms with van der Waals surface area (Å²) in [5.41, 5.74) is 1.23. The number of nitrogens with zero attached hydrogens (tertiary/aromatic N) is 2. The second-order valence-electron chi connectivity index (χ2n) is 5.05. The van der Waals surface area contributed by atoms with Gasteiger partial charge >= 0.3 is 0 Å². The summed E-state index contributed by atoms with van der Waals surface area (Å²) in [5, 5.41) is 11.8. The van der Waals surface area contributed by atoms with Crippen LogP contribution in [0.15, 0.2) is 24.3 Å². The molecule has 1 aliphatic heterocycles. The molecule has 4 heteroatoms. The summed E-state index contributed by atoms with van der Waals surface area (Å²) in [6.45, 7) is 6.05. The third-order valence-corrected chi connectivity index (χ3v) is 3.44. The van der Waals surface area contributed by atoms with Crippen LogP contribution in [0.25, 0.3) is 0 Å². The molecule has 94 valence electrons. The molecule has 0 aromatic heterocycles. The van der Waals surface area contributed by atoms with Crippen molar-refractivity contribution in [2.45, 2.75) is 25.9 Å². The van der Waals surface area contributed by atoms with Gasteiger partial charge in [-0.25, -0.2) is 0 Å². The van der Waals surface area contributed by atoms with Crippen molar-refractivity contribution in [3.63, 3.8) is 0 Å². The van der Waals surface area contributed by atoms with Crippen molar-refractivity contribution < 1.29 is 4.79 Å². The number of nitriles is 1. The van der Waals surface area contributed by atoms with E-state index in [0.717, 1.165) is 12.1 Å². The van der Waals surface area contributed by atoms with Crippen LogP contribution in [0, 0.1) is 11.3 Å². The second kappa shape index (κ2) is 4.79. The summed E-state index contributed by atoms with van der Waals surface area (Å²) >= 11 is 0. The molecule has 1 aliphatic rings. The van der Waals surface area contributed by atoms with Crippen molar-refractivity contribution in [1.82, 2.24) is 10.2 Å². The van der Waals surface area contributed by atoms with E-state index in [4.69, 9.17) is 5.26 Å². The summed E-state index contributed by atoms with van der Waals surface area (Å²) in [6, 6.07) is 9.67. The monoisotopic (exact) mass is 243 g/mol. The first kappa shape index (κ1) is 12.6. The lowest BCUT2D eigenvalue weighted by molar-refractivity contribution is -0.135. The van der Waals surface area contributed by atoms with Gasteiger partial charge in [-0.05, 0) is 31.5 Å². The normalized spacial score (nSPS) is 19.1. The highest BCUT2D eigenvalue weighted by molar-refractivity contribution is 5.86. The van der Waals surface area contributed by atoms with Crippen molar-refractivity contribution in [3.05, 3.63) is 35.4 Å². The summed E-state index contributed by atoms with van der Waals surface area (Å²) in [6.07, 6.45) is 0. The standard InChI is InChI=1S/C14H17N3O/c1-14(2)13(18)16-6-7-17(14)10-12-5-3-4-11(8-12)9-15/h3-5,8H,6-7,10H2,1-2H3,(H,16,18). The van der Waals surface area contributed by atoms with Crippen LogP contribution in [0.5, 0.6) is 0 Å². The van der Waals surface area contributed by atoms with Crippen molar-refractivity contribution in [2.75, 3.05) is 13.1 Å². The summed E-state index contributed by atoms with van der Waals surface area (Å²) in [5.74, 6) is 0.0604. The van der Waals surface area contributed by atoms with Gasteiger partial charge < -0.3 is 5.32 Å². The number of benzene rings is 1. The van der Waals surface area contributed by atoms with Gasteiger partial charge in [0.15, 0.2) is 0 Å². The van der Waals surface area contributed by atoms with E-state index in [9.17, 15) is 4.79 Å². The number of piperazine rings is 1. The fraction of sp³-hybridized carbons (Fsp3) is 0.429. The van der Waals surface area contributed by atoms with E-state index in [1.807, 2.05) is 32.0 Å². The molecule has 0 saturated carbocycles. The van der Waals surface area contributed by atoms with Gasteiger partial charge in [0, 0.05) is 19.6 Å². The van der Waals surface area contributed by atoms with Gasteiger partial charge in [-0.3, -0.25) is 9.69 Å². The third-order valence-electron chi connectivity index (χ3n) is 3.44. The first-order valence-corrected chi connectivity index (χ1v) is 6.06. The Morgan fingerprint density at radius 1 is 1.50 bits per heavy atom. The Balaban J connectivity index is 2.18. The molecule has 0 spiro atoms. The molecule has 0 bridgehead atoms. The van der Waals surface area contributed by atoms with E-state index >= 15 is 0 Å². The molecular formula is C14H17N3O. The van der Waals surface area contributed by atoms with Crippen LogP contribution in [0.2, 0.25) is 0 Å². The van der Waals surface area contributed by atoms with Crippen LogP contribution in [-0.2, 0) is 11.3 Å². The van der Waals surface area contributed by atoms with Crippen LogP contribution in [0.4, 0.5) is 0 Å². The maximum Gasteiger partial charge on any atom is 0.240 e. The quantitative estimate of drug-likeness (QED) is 0.851. The van der Waals surface area contributed by atoms with E-state index in [1.54, 1.807) is 6.07 Å². The highest BCUT2D eigenvalue weighted by atomic mass is 16.2. The second-order valence-corrected chi connectivity index (χ2v) is 5.05. The average molecular weight is 243 g/mol. The maximum absolute atomic E-state index is 11.8. The van der Waals surface area contributed by atoms with E-state index in [0.29, 0.717) is 18.7 Å². The smallest absolute Gasteiger partial charge is 0.240 e. The average Bonchev–Trinajstić information content (AvgIpc) is 2.36. The molecule has 1 saturated heterocycles. The maximum atomic E-state index is 11.8. The minimum absolute atomic E-state index is 0.0604. The predicted octanol–water partition coefficient (Wildman–Crippen LogP) is 1.27. The van der Waals surface area contributed by atoms with E-state index in [2.05, 4.69) is 16.3 Å². The Morgan fingerprint density at radius 2 is 2.28 bits per heavy atom. The van der Waals surface area contributed by atoms with Gasteiger partial charge in [-0.15, -0.1) is 0 Å². The Morgan fingerprint density at radius 3 is 3.00 bits per heavy atom. The number of carbonyl (C=O) groups excluding carboxylic acids is 1. The predicted molar refractivity (Wildman–Crippen MR) is 68.7 cm³/mol. The lowest BCUT2D eigenvalue weighted by atomic mass is 9.97. The molecule has 0 radical (unpaired) electrons. The Hall–Kier alpha value is -1.86. The molecular weight excluding hydrogens is 226 g/mol. The molecule has 1 aromatic rings. The largest absolute Gasteiger partial charge is 0.353 e. The number of rotatable bonds is 2. The molecule has 1 N–H and O–H groups in total. The van der Waals surface area contributed by atoms with Crippen LogP contribution in [-0.4, -0.2) is 29.4 Å². The van der Waals surface area contributed by atoms with Gasteiger partial charge in [0.05, 0.1) is 17.2 Å². The molecule has 0 unspecified atom stereocenters. The van der Waals surface area contributed by atoms with E-state index in [1.165, 1.54) is 0 Å². The number of hydrogen-bond acceptors (Lipinski definition) is 3. The SMILES string of the molecule is CC1(C)C(=O)NCCN1Cc1cccc(C#N)c1. The lowest BCUT2D eigenvalue weighted by Crippen LogP contribution is -2.61. The number of carbonyl (C=O) groups is 1. The first-order valence-electron chi connectivity index (χ1n) is 6.06. The fourth-order valence-electron chi connectivity index (χ4n) is 2.18. The molecule has 1 heterocycles. The Kier molecular flexibility index (Phi) is 3.35. The van der Waals surface area contributed by atoms with E-state index in [-0.39, 0.29) is 5.91 Å². The summed E-state index contributed by atoms with van der Waals surface area (Å²) < 4.78 is 0. The van der Waals surface area contributed by atoms with E-state index < -0.39 is 5.54 Å². The number of hydrogen-bond donors (Lipinski definition) is 1. The molecule has 1 amide bonds. The first-order chi connectivity index (χ1) is 8.54. The van der Waals surface area contributed by atoms with Gasteiger partial charge in [0.1, 0.15) is 0 Å². The van der Waals surface area contributed by atoms with Gasteiger partial charge in [0.25, 0.3) is 0 Å². The highest BCUT2D eigenvalue weighted by Crippen LogP contribution is 2.20. The van der Waals surface area contributed by atoms with Crippen LogP contribution >= 0.6 is 0 Å². The van der Waals surface area contributed by atoms with Crippen LogP contribution < -0.4 is 5.32 Å². The summed E-state index contributed by atoms with van der Waals surface area (Å²) in [4.78, 5) is 14.0. The zero-order chi connectivity index (χ0) is 13.2. The molecule has 2 rings (SSSR count).